The molecule has 4 nitrogen and oxygen atoms in total. The van der Waals surface area contributed by atoms with Gasteiger partial charge in [-0.25, -0.2) is 9.37 Å². The third-order valence-corrected chi connectivity index (χ3v) is 3.84. The minimum Gasteiger partial charge on any atom is -0.494 e. The Labute approximate surface area is 125 Å². The number of rotatable bonds is 4. The maximum atomic E-state index is 13.8. The van der Waals surface area contributed by atoms with Gasteiger partial charge in [-0.05, 0) is 49.0 Å². The molecule has 3 N–H and O–H groups in total. The van der Waals surface area contributed by atoms with Crippen LogP contribution in [0, 0.1) is 5.82 Å². The molecule has 0 spiro atoms. The van der Waals surface area contributed by atoms with Crippen LogP contribution in [0.2, 0.25) is 0 Å². The standard InChI is InChI=1S/C15H14FN3OS/c1-2-20-10-4-5-12-13(8-10)19-15(18-12)21-14-6-3-9(17)7-11(14)16/h3-8H,2,17H2,1H3,(H,18,19). The summed E-state index contributed by atoms with van der Waals surface area (Å²) < 4.78 is 19.2. The first-order valence-electron chi connectivity index (χ1n) is 6.51. The van der Waals surface area contributed by atoms with E-state index in [4.69, 9.17) is 10.5 Å². The Balaban J connectivity index is 1.90. The number of nitrogens with zero attached hydrogens (tertiary/aromatic N) is 1. The van der Waals surface area contributed by atoms with Crippen LogP contribution in [0.1, 0.15) is 6.92 Å². The van der Waals surface area contributed by atoms with Gasteiger partial charge in [0.2, 0.25) is 0 Å². The van der Waals surface area contributed by atoms with Gasteiger partial charge in [-0.1, -0.05) is 0 Å². The van der Waals surface area contributed by atoms with E-state index in [9.17, 15) is 4.39 Å². The molecule has 3 aromatic rings. The third-order valence-electron chi connectivity index (χ3n) is 2.91. The zero-order valence-corrected chi connectivity index (χ0v) is 12.2. The van der Waals surface area contributed by atoms with Crippen LogP contribution >= 0.6 is 11.8 Å². The van der Waals surface area contributed by atoms with E-state index >= 15 is 0 Å². The number of imidazole rings is 1. The molecule has 0 amide bonds. The van der Waals surface area contributed by atoms with Crippen molar-refractivity contribution in [3.8, 4) is 5.75 Å². The van der Waals surface area contributed by atoms with Gasteiger partial charge >= 0.3 is 0 Å². The molecule has 0 unspecified atom stereocenters. The molecular weight excluding hydrogens is 289 g/mol. The van der Waals surface area contributed by atoms with Crippen molar-refractivity contribution in [2.45, 2.75) is 17.0 Å². The molecule has 0 aliphatic heterocycles. The highest BCUT2D eigenvalue weighted by Gasteiger charge is 2.09. The highest BCUT2D eigenvalue weighted by atomic mass is 32.2. The van der Waals surface area contributed by atoms with Crippen molar-refractivity contribution in [3.05, 3.63) is 42.2 Å². The predicted molar refractivity (Wildman–Crippen MR) is 82.2 cm³/mol. The van der Waals surface area contributed by atoms with Gasteiger partial charge in [0.15, 0.2) is 5.16 Å². The van der Waals surface area contributed by atoms with E-state index in [1.54, 1.807) is 12.1 Å². The summed E-state index contributed by atoms with van der Waals surface area (Å²) >= 11 is 1.23. The summed E-state index contributed by atoms with van der Waals surface area (Å²) in [6, 6.07) is 10.2. The molecule has 0 aliphatic carbocycles. The maximum Gasteiger partial charge on any atom is 0.171 e. The number of nitrogens with two attached hydrogens (primary N) is 1. The molecular formula is C15H14FN3OS. The maximum absolute atomic E-state index is 13.8. The van der Waals surface area contributed by atoms with Crippen LogP contribution in [-0.4, -0.2) is 16.6 Å². The van der Waals surface area contributed by atoms with Gasteiger partial charge in [0.25, 0.3) is 0 Å². The fourth-order valence-corrected chi connectivity index (χ4v) is 2.78. The summed E-state index contributed by atoms with van der Waals surface area (Å²) in [6.07, 6.45) is 0. The number of halogens is 1. The lowest BCUT2D eigenvalue weighted by molar-refractivity contribution is 0.340. The number of aromatic nitrogens is 2. The first kappa shape index (κ1) is 13.8. The van der Waals surface area contributed by atoms with E-state index in [2.05, 4.69) is 9.97 Å². The SMILES string of the molecule is CCOc1ccc2nc(Sc3ccc(N)cc3F)[nH]c2c1. The molecule has 6 heteroatoms. The summed E-state index contributed by atoms with van der Waals surface area (Å²) in [7, 11) is 0. The fraction of sp³-hybridized carbons (Fsp3) is 0.133. The second kappa shape index (κ2) is 5.65. The van der Waals surface area contributed by atoms with E-state index in [0.717, 1.165) is 16.8 Å². The molecule has 1 heterocycles. The van der Waals surface area contributed by atoms with E-state index in [-0.39, 0.29) is 5.82 Å². The molecule has 1 aromatic heterocycles. The first-order valence-corrected chi connectivity index (χ1v) is 7.33. The van der Waals surface area contributed by atoms with Crippen molar-refractivity contribution < 1.29 is 9.13 Å². The number of hydrogen-bond donors (Lipinski definition) is 2. The van der Waals surface area contributed by atoms with Gasteiger partial charge in [0.05, 0.1) is 22.5 Å². The molecule has 0 atom stereocenters. The monoisotopic (exact) mass is 303 g/mol. The van der Waals surface area contributed by atoms with E-state index in [0.29, 0.717) is 22.3 Å². The number of aromatic amines is 1. The minimum absolute atomic E-state index is 0.351. The summed E-state index contributed by atoms with van der Waals surface area (Å²) in [5.41, 5.74) is 7.62. The average Bonchev–Trinajstić information content (AvgIpc) is 2.84. The van der Waals surface area contributed by atoms with Crippen molar-refractivity contribution in [2.75, 3.05) is 12.3 Å². The number of fused-ring (bicyclic) bond motifs is 1. The summed E-state index contributed by atoms with van der Waals surface area (Å²) in [6.45, 7) is 2.54. The zero-order chi connectivity index (χ0) is 14.8. The van der Waals surface area contributed by atoms with Gasteiger partial charge in [0.1, 0.15) is 11.6 Å². The molecule has 0 saturated carbocycles. The Hall–Kier alpha value is -2.21. The lowest BCUT2D eigenvalue weighted by atomic mass is 10.3. The quantitative estimate of drug-likeness (QED) is 0.719. The van der Waals surface area contributed by atoms with Crippen molar-refractivity contribution in [2.24, 2.45) is 0 Å². The highest BCUT2D eigenvalue weighted by molar-refractivity contribution is 7.99. The third kappa shape index (κ3) is 2.95. The van der Waals surface area contributed by atoms with Crippen LogP contribution in [0.3, 0.4) is 0 Å². The van der Waals surface area contributed by atoms with Crippen LogP contribution in [0.15, 0.2) is 46.5 Å². The number of anilines is 1. The van der Waals surface area contributed by atoms with Gasteiger partial charge in [-0.2, -0.15) is 0 Å². The van der Waals surface area contributed by atoms with Crippen LogP contribution in [-0.2, 0) is 0 Å². The van der Waals surface area contributed by atoms with Crippen LogP contribution in [0.25, 0.3) is 11.0 Å². The van der Waals surface area contributed by atoms with Crippen LogP contribution in [0.5, 0.6) is 5.75 Å². The fourth-order valence-electron chi connectivity index (χ4n) is 1.97. The van der Waals surface area contributed by atoms with Gasteiger partial charge in [-0.3, -0.25) is 0 Å². The number of hydrogen-bond acceptors (Lipinski definition) is 4. The molecule has 0 aliphatic rings. The van der Waals surface area contributed by atoms with Crippen molar-refractivity contribution in [1.29, 1.82) is 0 Å². The number of nitrogens with one attached hydrogen (secondary N) is 1. The van der Waals surface area contributed by atoms with E-state index in [1.807, 2.05) is 25.1 Å². The Kier molecular flexibility index (Phi) is 3.70. The zero-order valence-electron chi connectivity index (χ0n) is 11.4. The molecule has 0 radical (unpaired) electrons. The van der Waals surface area contributed by atoms with Gasteiger partial charge < -0.3 is 15.5 Å². The van der Waals surface area contributed by atoms with E-state index in [1.165, 1.54) is 17.8 Å². The average molecular weight is 303 g/mol. The number of benzene rings is 2. The number of nitrogen functional groups attached to an aromatic ring is 1. The normalized spacial score (nSPS) is 11.0. The highest BCUT2D eigenvalue weighted by Crippen LogP contribution is 2.31. The minimum atomic E-state index is -0.351. The van der Waals surface area contributed by atoms with Crippen molar-refractivity contribution in [1.82, 2.24) is 9.97 Å². The molecule has 21 heavy (non-hydrogen) atoms. The van der Waals surface area contributed by atoms with Gasteiger partial charge in [-0.15, -0.1) is 0 Å². The molecule has 108 valence electrons. The van der Waals surface area contributed by atoms with Crippen molar-refractivity contribution >= 4 is 28.5 Å². The van der Waals surface area contributed by atoms with Crippen LogP contribution in [0.4, 0.5) is 10.1 Å². The Morgan fingerprint density at radius 3 is 2.90 bits per heavy atom. The lowest BCUT2D eigenvalue weighted by Gasteiger charge is -2.01. The summed E-state index contributed by atoms with van der Waals surface area (Å²) in [5, 5.41) is 0.627. The molecule has 0 bridgehead atoms. The van der Waals surface area contributed by atoms with Gasteiger partial charge in [0, 0.05) is 11.8 Å². The van der Waals surface area contributed by atoms with Crippen molar-refractivity contribution in [3.63, 3.8) is 0 Å². The molecule has 3 rings (SSSR count). The molecule has 0 fully saturated rings. The summed E-state index contributed by atoms with van der Waals surface area (Å²) in [5.74, 6) is 0.430. The predicted octanol–water partition coefficient (Wildman–Crippen LogP) is 3.83. The molecule has 0 saturated heterocycles. The van der Waals surface area contributed by atoms with Crippen LogP contribution < -0.4 is 10.5 Å². The Bertz CT molecular complexity index is 788. The Morgan fingerprint density at radius 1 is 1.29 bits per heavy atom. The number of ether oxygens (including phenoxy) is 1. The largest absolute Gasteiger partial charge is 0.494 e. The Morgan fingerprint density at radius 2 is 2.14 bits per heavy atom. The lowest BCUT2D eigenvalue weighted by Crippen LogP contribution is -1.90. The molecule has 2 aromatic carbocycles. The number of H-pyrrole nitrogens is 1. The topological polar surface area (TPSA) is 63.9 Å². The smallest absolute Gasteiger partial charge is 0.171 e. The first-order chi connectivity index (χ1) is 10.2. The second-order valence-electron chi connectivity index (χ2n) is 4.45. The second-order valence-corrected chi connectivity index (χ2v) is 5.48. The summed E-state index contributed by atoms with van der Waals surface area (Å²) in [4.78, 5) is 8.07. The van der Waals surface area contributed by atoms with E-state index < -0.39 is 0 Å².